The summed E-state index contributed by atoms with van der Waals surface area (Å²) >= 11 is 1.51. The highest BCUT2D eigenvalue weighted by molar-refractivity contribution is 8.03. The molecule has 2 rings (SSSR count). The molecule has 0 spiro atoms. The molecule has 3 atom stereocenters. The molecule has 74 valence electrons. The van der Waals surface area contributed by atoms with Gasteiger partial charge in [-0.2, -0.15) is 0 Å². The van der Waals surface area contributed by atoms with E-state index in [2.05, 4.69) is 10.6 Å². The summed E-state index contributed by atoms with van der Waals surface area (Å²) in [7, 11) is 0. The average molecular weight is 204 g/mol. The van der Waals surface area contributed by atoms with Crippen LogP contribution in [-0.2, 0) is 4.74 Å². The van der Waals surface area contributed by atoms with Crippen molar-refractivity contribution in [2.75, 3.05) is 6.61 Å². The van der Waals surface area contributed by atoms with Crippen molar-refractivity contribution in [3.05, 3.63) is 11.1 Å². The van der Waals surface area contributed by atoms with Crippen LogP contribution in [0.5, 0.6) is 0 Å². The summed E-state index contributed by atoms with van der Waals surface area (Å²) in [4.78, 5) is -0.389. The molecule has 0 saturated carbocycles. The molecular formula is C7H12N2O3S. The SMILES string of the molecule is CC1(NC2OC2O)NC(CO)=CS1. The number of hydrogen-bond donors (Lipinski definition) is 4. The van der Waals surface area contributed by atoms with E-state index >= 15 is 0 Å². The zero-order valence-corrected chi connectivity index (χ0v) is 7.97. The van der Waals surface area contributed by atoms with Crippen molar-refractivity contribution in [2.45, 2.75) is 24.4 Å². The second kappa shape index (κ2) is 3.14. The van der Waals surface area contributed by atoms with Gasteiger partial charge >= 0.3 is 0 Å². The lowest BCUT2D eigenvalue weighted by atomic mass is 10.4. The van der Waals surface area contributed by atoms with Gasteiger partial charge in [0, 0.05) is 5.70 Å². The minimum absolute atomic E-state index is 0.00164. The van der Waals surface area contributed by atoms with Gasteiger partial charge in [-0.1, -0.05) is 11.8 Å². The van der Waals surface area contributed by atoms with E-state index in [0.717, 1.165) is 5.70 Å². The zero-order valence-electron chi connectivity index (χ0n) is 7.15. The van der Waals surface area contributed by atoms with Crippen molar-refractivity contribution in [3.63, 3.8) is 0 Å². The molecule has 2 heterocycles. The van der Waals surface area contributed by atoms with E-state index in [4.69, 9.17) is 14.9 Å². The quantitative estimate of drug-likeness (QED) is 0.446. The fourth-order valence-electron chi connectivity index (χ4n) is 1.18. The molecule has 3 unspecified atom stereocenters. The topological polar surface area (TPSA) is 77.0 Å². The highest BCUT2D eigenvalue weighted by Crippen LogP contribution is 2.31. The number of epoxide rings is 1. The molecule has 1 saturated heterocycles. The summed E-state index contributed by atoms with van der Waals surface area (Å²) < 4.78 is 4.82. The van der Waals surface area contributed by atoms with E-state index in [9.17, 15) is 0 Å². The Balaban J connectivity index is 1.86. The van der Waals surface area contributed by atoms with Gasteiger partial charge in [0.05, 0.1) is 6.61 Å². The average Bonchev–Trinajstić information content (AvgIpc) is 2.63. The number of nitrogens with one attached hydrogen (secondary N) is 2. The molecule has 0 radical (unpaired) electrons. The number of ether oxygens (including phenoxy) is 1. The van der Waals surface area contributed by atoms with Gasteiger partial charge in [0.25, 0.3) is 0 Å². The molecule has 2 aliphatic heterocycles. The van der Waals surface area contributed by atoms with Crippen LogP contribution in [0.3, 0.4) is 0 Å². The lowest BCUT2D eigenvalue weighted by molar-refractivity contribution is 0.155. The van der Waals surface area contributed by atoms with Crippen molar-refractivity contribution in [3.8, 4) is 0 Å². The van der Waals surface area contributed by atoms with Crippen LogP contribution in [0.25, 0.3) is 0 Å². The van der Waals surface area contributed by atoms with Gasteiger partial charge < -0.3 is 20.3 Å². The molecule has 6 heteroatoms. The van der Waals surface area contributed by atoms with Crippen molar-refractivity contribution in [2.24, 2.45) is 0 Å². The Morgan fingerprint density at radius 2 is 2.54 bits per heavy atom. The molecule has 0 aromatic carbocycles. The summed E-state index contributed by atoms with van der Waals surface area (Å²) in [5, 5.41) is 25.8. The maximum absolute atomic E-state index is 8.94. The van der Waals surface area contributed by atoms with Gasteiger partial charge in [0.2, 0.25) is 0 Å². The summed E-state index contributed by atoms with van der Waals surface area (Å²) in [5.74, 6) is 0. The van der Waals surface area contributed by atoms with Crippen molar-refractivity contribution >= 4 is 11.8 Å². The van der Waals surface area contributed by atoms with E-state index in [0.29, 0.717) is 0 Å². The molecular weight excluding hydrogens is 192 g/mol. The Morgan fingerprint density at radius 3 is 3.00 bits per heavy atom. The largest absolute Gasteiger partial charge is 0.390 e. The van der Waals surface area contributed by atoms with Crippen LogP contribution in [0.2, 0.25) is 0 Å². The number of hydrogen-bond acceptors (Lipinski definition) is 6. The second-order valence-electron chi connectivity index (χ2n) is 3.17. The predicted octanol–water partition coefficient (Wildman–Crippen LogP) is -0.905. The second-order valence-corrected chi connectivity index (χ2v) is 4.46. The third kappa shape index (κ3) is 1.97. The van der Waals surface area contributed by atoms with E-state index in [1.807, 2.05) is 12.3 Å². The van der Waals surface area contributed by atoms with E-state index < -0.39 is 6.29 Å². The molecule has 0 bridgehead atoms. The van der Waals surface area contributed by atoms with Crippen LogP contribution in [-0.4, -0.2) is 34.3 Å². The molecule has 0 amide bonds. The first-order valence-corrected chi connectivity index (χ1v) is 4.88. The van der Waals surface area contributed by atoms with E-state index in [-0.39, 0.29) is 17.8 Å². The summed E-state index contributed by atoms with van der Waals surface area (Å²) in [6.07, 6.45) is -0.992. The lowest BCUT2D eigenvalue weighted by Gasteiger charge is -2.25. The van der Waals surface area contributed by atoms with Gasteiger partial charge in [0.15, 0.2) is 12.5 Å². The summed E-state index contributed by atoms with van der Waals surface area (Å²) in [6.45, 7) is 1.92. The fourth-order valence-corrected chi connectivity index (χ4v) is 2.07. The van der Waals surface area contributed by atoms with Crippen LogP contribution < -0.4 is 10.6 Å². The number of aliphatic hydroxyl groups is 2. The number of thioether (sulfide) groups is 1. The van der Waals surface area contributed by atoms with Gasteiger partial charge in [0.1, 0.15) is 4.99 Å². The van der Waals surface area contributed by atoms with Crippen molar-refractivity contribution in [1.29, 1.82) is 0 Å². The van der Waals surface area contributed by atoms with Crippen LogP contribution in [0, 0.1) is 0 Å². The van der Waals surface area contributed by atoms with Gasteiger partial charge in [-0.3, -0.25) is 5.32 Å². The van der Waals surface area contributed by atoms with Crippen molar-refractivity contribution < 1.29 is 14.9 Å². The summed E-state index contributed by atoms with van der Waals surface area (Å²) in [6, 6.07) is 0. The Kier molecular flexibility index (Phi) is 2.25. The smallest absolute Gasteiger partial charge is 0.197 e. The molecule has 1 fully saturated rings. The maximum Gasteiger partial charge on any atom is 0.197 e. The molecule has 0 aromatic rings. The Morgan fingerprint density at radius 1 is 1.85 bits per heavy atom. The fraction of sp³-hybridized carbons (Fsp3) is 0.714. The molecule has 5 nitrogen and oxygen atoms in total. The van der Waals surface area contributed by atoms with E-state index in [1.165, 1.54) is 11.8 Å². The molecule has 0 aliphatic carbocycles. The Hall–Kier alpha value is -0.270. The van der Waals surface area contributed by atoms with Crippen molar-refractivity contribution in [1.82, 2.24) is 10.6 Å². The Bertz CT molecular complexity index is 248. The molecule has 2 aliphatic rings. The predicted molar refractivity (Wildman–Crippen MR) is 48.3 cm³/mol. The Labute approximate surface area is 80.2 Å². The highest BCUT2D eigenvalue weighted by atomic mass is 32.2. The van der Waals surface area contributed by atoms with Crippen LogP contribution in [0.15, 0.2) is 11.1 Å². The third-order valence-corrected chi connectivity index (χ3v) is 2.99. The molecule has 4 N–H and O–H groups in total. The first kappa shape index (κ1) is 9.29. The van der Waals surface area contributed by atoms with Gasteiger partial charge in [-0.25, -0.2) is 0 Å². The minimum Gasteiger partial charge on any atom is -0.390 e. The van der Waals surface area contributed by atoms with Gasteiger partial charge in [-0.15, -0.1) is 0 Å². The molecule has 13 heavy (non-hydrogen) atoms. The first-order valence-electron chi connectivity index (χ1n) is 4.00. The third-order valence-electron chi connectivity index (χ3n) is 1.89. The van der Waals surface area contributed by atoms with E-state index in [1.54, 1.807) is 0 Å². The number of rotatable bonds is 3. The molecule has 0 aromatic heterocycles. The van der Waals surface area contributed by atoms with Crippen LogP contribution in [0.1, 0.15) is 6.92 Å². The maximum atomic E-state index is 8.94. The standard InChI is InChI=1S/C7H12N2O3S/c1-7(9-5-6(11)12-5)8-4(2-10)3-13-7/h3,5-6,8-11H,2H2,1H3. The lowest BCUT2D eigenvalue weighted by Crippen LogP contribution is -2.50. The normalized spacial score (nSPS) is 42.8. The minimum atomic E-state index is -0.697. The van der Waals surface area contributed by atoms with Crippen LogP contribution in [0.4, 0.5) is 0 Å². The highest BCUT2D eigenvalue weighted by Gasteiger charge is 2.43. The summed E-state index contributed by atoms with van der Waals surface area (Å²) in [5.41, 5.74) is 0.773. The zero-order chi connectivity index (χ0) is 9.47. The number of aliphatic hydroxyl groups excluding tert-OH is 2. The van der Waals surface area contributed by atoms with Crippen LogP contribution >= 0.6 is 11.8 Å². The van der Waals surface area contributed by atoms with Gasteiger partial charge in [-0.05, 0) is 12.3 Å². The monoisotopic (exact) mass is 204 g/mol. The first-order chi connectivity index (χ1) is 6.13.